The smallest absolute Gasteiger partial charge is 0.257 e. The third kappa shape index (κ3) is 2.73. The Morgan fingerprint density at radius 2 is 2.09 bits per heavy atom. The molecule has 11 heavy (non-hydrogen) atoms. The van der Waals surface area contributed by atoms with Gasteiger partial charge in [0.2, 0.25) is 0 Å². The molecule has 1 heterocycles. The van der Waals surface area contributed by atoms with Crippen molar-refractivity contribution < 1.29 is 8.78 Å². The van der Waals surface area contributed by atoms with E-state index in [9.17, 15) is 8.78 Å². The van der Waals surface area contributed by atoms with Gasteiger partial charge in [0, 0.05) is 0 Å². The fourth-order valence-electron chi connectivity index (χ4n) is 0.610. The minimum atomic E-state index is -2.46. The maximum Gasteiger partial charge on any atom is 0.257 e. The zero-order valence-corrected chi connectivity index (χ0v) is 7.17. The SMILES string of the molecule is Cl.N[C@H](c1ccsc1)C(F)F. The summed E-state index contributed by atoms with van der Waals surface area (Å²) in [5, 5.41) is 3.37. The first kappa shape index (κ1) is 10.8. The monoisotopic (exact) mass is 199 g/mol. The van der Waals surface area contributed by atoms with Crippen LogP contribution in [0.1, 0.15) is 11.6 Å². The Morgan fingerprint density at radius 1 is 1.45 bits per heavy atom. The zero-order chi connectivity index (χ0) is 7.56. The minimum absolute atomic E-state index is 0. The van der Waals surface area contributed by atoms with E-state index in [1.54, 1.807) is 16.8 Å². The second kappa shape index (κ2) is 4.64. The molecule has 0 fully saturated rings. The molecule has 0 aliphatic heterocycles. The molecule has 1 nitrogen and oxygen atoms in total. The molecule has 0 radical (unpaired) electrons. The van der Waals surface area contributed by atoms with Crippen molar-refractivity contribution in [3.05, 3.63) is 22.4 Å². The maximum absolute atomic E-state index is 11.9. The van der Waals surface area contributed by atoms with E-state index >= 15 is 0 Å². The van der Waals surface area contributed by atoms with E-state index < -0.39 is 12.5 Å². The van der Waals surface area contributed by atoms with Gasteiger partial charge in [-0.1, -0.05) is 0 Å². The van der Waals surface area contributed by atoms with Crippen LogP contribution in [0.25, 0.3) is 0 Å². The van der Waals surface area contributed by atoms with Crippen LogP contribution in [-0.4, -0.2) is 6.43 Å². The Morgan fingerprint density at radius 3 is 2.45 bits per heavy atom. The second-order valence-electron chi connectivity index (χ2n) is 1.92. The van der Waals surface area contributed by atoms with E-state index in [0.29, 0.717) is 5.56 Å². The van der Waals surface area contributed by atoms with Gasteiger partial charge in [-0.3, -0.25) is 0 Å². The third-order valence-electron chi connectivity index (χ3n) is 1.20. The van der Waals surface area contributed by atoms with E-state index in [0.717, 1.165) is 0 Å². The molecule has 0 bridgehead atoms. The lowest BCUT2D eigenvalue weighted by molar-refractivity contribution is 0.116. The van der Waals surface area contributed by atoms with Gasteiger partial charge in [0.15, 0.2) is 0 Å². The summed E-state index contributed by atoms with van der Waals surface area (Å²) in [5.74, 6) is 0. The Labute approximate surface area is 73.6 Å². The molecule has 1 aromatic rings. The molecular formula is C6H8ClF2NS. The molecule has 64 valence electrons. The highest BCUT2D eigenvalue weighted by molar-refractivity contribution is 7.07. The van der Waals surface area contributed by atoms with Crippen LogP contribution in [0.15, 0.2) is 16.8 Å². The van der Waals surface area contributed by atoms with Crippen molar-refractivity contribution >= 4 is 23.7 Å². The first-order chi connectivity index (χ1) is 4.72. The number of thiophene rings is 1. The van der Waals surface area contributed by atoms with Crippen LogP contribution in [0.3, 0.4) is 0 Å². The molecule has 1 aromatic heterocycles. The molecule has 0 spiro atoms. The number of hydrogen-bond acceptors (Lipinski definition) is 2. The van der Waals surface area contributed by atoms with E-state index in [2.05, 4.69) is 0 Å². The Hall–Kier alpha value is -0.190. The quantitative estimate of drug-likeness (QED) is 0.778. The Kier molecular flexibility index (Phi) is 4.56. The van der Waals surface area contributed by atoms with Gasteiger partial charge >= 0.3 is 0 Å². The fraction of sp³-hybridized carbons (Fsp3) is 0.333. The predicted octanol–water partition coefficient (Wildman–Crippen LogP) is 2.43. The number of hydrogen-bond donors (Lipinski definition) is 1. The van der Waals surface area contributed by atoms with Gasteiger partial charge < -0.3 is 5.73 Å². The van der Waals surface area contributed by atoms with E-state index in [1.165, 1.54) is 11.3 Å². The fourth-order valence-corrected chi connectivity index (χ4v) is 1.32. The minimum Gasteiger partial charge on any atom is -0.319 e. The highest BCUT2D eigenvalue weighted by atomic mass is 35.5. The van der Waals surface area contributed by atoms with Crippen molar-refractivity contribution in [1.82, 2.24) is 0 Å². The molecule has 0 saturated carbocycles. The van der Waals surface area contributed by atoms with Crippen LogP contribution < -0.4 is 5.73 Å². The molecule has 1 atom stereocenters. The van der Waals surface area contributed by atoms with Crippen LogP contribution in [0.2, 0.25) is 0 Å². The van der Waals surface area contributed by atoms with Gasteiger partial charge in [-0.05, 0) is 22.4 Å². The van der Waals surface area contributed by atoms with Crippen molar-refractivity contribution in [2.45, 2.75) is 12.5 Å². The average Bonchev–Trinajstić information content (AvgIpc) is 2.36. The molecule has 0 aliphatic rings. The number of halogens is 3. The summed E-state index contributed by atoms with van der Waals surface area (Å²) >= 11 is 1.37. The second-order valence-corrected chi connectivity index (χ2v) is 2.70. The van der Waals surface area contributed by atoms with Crippen LogP contribution in [0.4, 0.5) is 8.78 Å². The Bertz CT molecular complexity index is 190. The van der Waals surface area contributed by atoms with Crippen LogP contribution >= 0.6 is 23.7 Å². The van der Waals surface area contributed by atoms with Crippen molar-refractivity contribution in [1.29, 1.82) is 0 Å². The van der Waals surface area contributed by atoms with Gasteiger partial charge in [-0.2, -0.15) is 11.3 Å². The highest BCUT2D eigenvalue weighted by Crippen LogP contribution is 2.19. The molecular weight excluding hydrogens is 192 g/mol. The van der Waals surface area contributed by atoms with Crippen molar-refractivity contribution in [3.63, 3.8) is 0 Å². The molecule has 0 aliphatic carbocycles. The van der Waals surface area contributed by atoms with Crippen molar-refractivity contribution in [3.8, 4) is 0 Å². The zero-order valence-electron chi connectivity index (χ0n) is 5.54. The van der Waals surface area contributed by atoms with Crippen LogP contribution in [0, 0.1) is 0 Å². The van der Waals surface area contributed by atoms with Crippen LogP contribution in [0.5, 0.6) is 0 Å². The van der Waals surface area contributed by atoms with Gasteiger partial charge in [0.25, 0.3) is 6.43 Å². The molecule has 5 heteroatoms. The molecule has 1 rings (SSSR count). The summed E-state index contributed by atoms with van der Waals surface area (Å²) in [6.45, 7) is 0. The Balaban J connectivity index is 0.000001000. The number of nitrogens with two attached hydrogens (primary N) is 1. The lowest BCUT2D eigenvalue weighted by atomic mass is 10.2. The van der Waals surface area contributed by atoms with Gasteiger partial charge in [-0.15, -0.1) is 12.4 Å². The topological polar surface area (TPSA) is 26.0 Å². The summed E-state index contributed by atoms with van der Waals surface area (Å²) in [7, 11) is 0. The maximum atomic E-state index is 11.9. The summed E-state index contributed by atoms with van der Waals surface area (Å²) in [4.78, 5) is 0. The van der Waals surface area contributed by atoms with E-state index in [-0.39, 0.29) is 12.4 Å². The standard InChI is InChI=1S/C6H7F2NS.ClH/c7-6(8)5(9)4-1-2-10-3-4;/h1-3,5-6H,9H2;1H/t5-;/m1./s1. The summed E-state index contributed by atoms with van der Waals surface area (Å²) < 4.78 is 23.7. The largest absolute Gasteiger partial charge is 0.319 e. The average molecular weight is 200 g/mol. The summed E-state index contributed by atoms with van der Waals surface area (Å²) in [6.07, 6.45) is -2.46. The first-order valence-corrected chi connectivity index (χ1v) is 3.72. The summed E-state index contributed by atoms with van der Waals surface area (Å²) in [5.41, 5.74) is 5.65. The molecule has 0 unspecified atom stereocenters. The normalized spacial score (nSPS) is 12.7. The predicted molar refractivity (Wildman–Crippen MR) is 44.5 cm³/mol. The summed E-state index contributed by atoms with van der Waals surface area (Å²) in [6, 6.07) is 0.493. The lowest BCUT2D eigenvalue weighted by Crippen LogP contribution is -2.17. The molecule has 0 saturated heterocycles. The highest BCUT2D eigenvalue weighted by Gasteiger charge is 2.16. The van der Waals surface area contributed by atoms with Gasteiger partial charge in [0.1, 0.15) is 0 Å². The molecule has 0 aromatic carbocycles. The lowest BCUT2D eigenvalue weighted by Gasteiger charge is -2.06. The third-order valence-corrected chi connectivity index (χ3v) is 1.90. The van der Waals surface area contributed by atoms with E-state index in [1.807, 2.05) is 0 Å². The van der Waals surface area contributed by atoms with Crippen molar-refractivity contribution in [2.24, 2.45) is 5.73 Å². The number of alkyl halides is 2. The molecule has 2 N–H and O–H groups in total. The van der Waals surface area contributed by atoms with Gasteiger partial charge in [0.05, 0.1) is 6.04 Å². The van der Waals surface area contributed by atoms with Crippen molar-refractivity contribution in [2.75, 3.05) is 0 Å². The number of rotatable bonds is 2. The van der Waals surface area contributed by atoms with Gasteiger partial charge in [-0.25, -0.2) is 8.78 Å². The van der Waals surface area contributed by atoms with Crippen LogP contribution in [-0.2, 0) is 0 Å². The molecule has 0 amide bonds. The first-order valence-electron chi connectivity index (χ1n) is 2.77. The van der Waals surface area contributed by atoms with E-state index in [4.69, 9.17) is 5.73 Å².